The average molecular weight is 468 g/mol. The first-order valence-corrected chi connectivity index (χ1v) is 12.6. The highest BCUT2D eigenvalue weighted by Gasteiger charge is 2.23. The molecule has 0 saturated heterocycles. The van der Waals surface area contributed by atoms with Crippen molar-refractivity contribution in [3.8, 4) is 0 Å². The van der Waals surface area contributed by atoms with Crippen molar-refractivity contribution < 1.29 is 13.2 Å². The predicted octanol–water partition coefficient (Wildman–Crippen LogP) is 4.69. The van der Waals surface area contributed by atoms with Crippen molar-refractivity contribution in [3.05, 3.63) is 75.9 Å². The summed E-state index contributed by atoms with van der Waals surface area (Å²) in [6.07, 6.45) is 3.80. The van der Waals surface area contributed by atoms with E-state index in [2.05, 4.69) is 10.1 Å². The molecule has 0 bridgehead atoms. The summed E-state index contributed by atoms with van der Waals surface area (Å²) in [6, 6.07) is 12.4. The van der Waals surface area contributed by atoms with Crippen LogP contribution in [-0.2, 0) is 33.1 Å². The predicted molar refractivity (Wildman–Crippen MR) is 127 cm³/mol. The largest absolute Gasteiger partial charge is 0.299 e. The summed E-state index contributed by atoms with van der Waals surface area (Å²) >= 11 is 1.51. The van der Waals surface area contributed by atoms with Gasteiger partial charge in [0, 0.05) is 29.3 Å². The first-order valence-electron chi connectivity index (χ1n) is 10.3. The van der Waals surface area contributed by atoms with E-state index in [9.17, 15) is 13.2 Å². The molecule has 32 heavy (non-hydrogen) atoms. The molecule has 166 valence electrons. The Morgan fingerprint density at radius 1 is 1.06 bits per heavy atom. The fourth-order valence-electron chi connectivity index (χ4n) is 3.54. The maximum Gasteiger partial charge on any atom is 0.283 e. The zero-order chi connectivity index (χ0) is 23.1. The second kappa shape index (κ2) is 8.26. The maximum absolute atomic E-state index is 13.4. The van der Waals surface area contributed by atoms with E-state index in [0.717, 1.165) is 25.1 Å². The Labute approximate surface area is 192 Å². The highest BCUT2D eigenvalue weighted by molar-refractivity contribution is 7.90. The number of aryl methyl sites for hydroxylation is 1. The fraction of sp³-hybridized carbons (Fsp3) is 0.292. The van der Waals surface area contributed by atoms with Gasteiger partial charge in [-0.1, -0.05) is 45.0 Å². The summed E-state index contributed by atoms with van der Waals surface area (Å²) in [5, 5.41) is 5.80. The molecule has 6 nitrogen and oxygen atoms in total. The highest BCUT2D eigenvalue weighted by Crippen LogP contribution is 2.27. The van der Waals surface area contributed by atoms with Gasteiger partial charge in [0.25, 0.3) is 10.0 Å². The Morgan fingerprint density at radius 3 is 2.53 bits per heavy atom. The third kappa shape index (κ3) is 4.52. The Morgan fingerprint density at radius 2 is 1.84 bits per heavy atom. The zero-order valence-corrected chi connectivity index (χ0v) is 20.1. The lowest BCUT2D eigenvalue weighted by atomic mass is 9.87. The number of thiazole rings is 1. The molecule has 8 heteroatoms. The Balaban J connectivity index is 1.66. The molecule has 4 rings (SSSR count). The Bertz CT molecular complexity index is 1410. The number of Topliss-reactive ketones (excluding diaryl/α,β-unsaturated/α-hetero) is 1. The van der Waals surface area contributed by atoms with Crippen molar-refractivity contribution in [2.45, 2.75) is 50.8 Å². The van der Waals surface area contributed by atoms with Crippen LogP contribution in [0.2, 0.25) is 0 Å². The molecule has 0 N–H and O–H groups in total. The first kappa shape index (κ1) is 22.4. The lowest BCUT2D eigenvalue weighted by molar-refractivity contribution is -0.117. The minimum absolute atomic E-state index is 0.0554. The molecule has 0 aliphatic rings. The van der Waals surface area contributed by atoms with Crippen LogP contribution in [0.15, 0.2) is 59.8 Å². The van der Waals surface area contributed by atoms with Gasteiger partial charge in [0.2, 0.25) is 0 Å². The highest BCUT2D eigenvalue weighted by atomic mass is 32.2. The van der Waals surface area contributed by atoms with Crippen LogP contribution in [0.5, 0.6) is 0 Å². The third-order valence-electron chi connectivity index (χ3n) is 5.27. The van der Waals surface area contributed by atoms with Crippen molar-refractivity contribution in [1.82, 2.24) is 14.2 Å². The van der Waals surface area contributed by atoms with Crippen molar-refractivity contribution >= 4 is 38.0 Å². The quantitative estimate of drug-likeness (QED) is 0.411. The Kier molecular flexibility index (Phi) is 5.77. The number of carbonyl (C=O) groups is 1. The molecular weight excluding hydrogens is 442 g/mol. The normalized spacial score (nSPS) is 12.4. The molecule has 0 atom stereocenters. The van der Waals surface area contributed by atoms with Gasteiger partial charge in [0.1, 0.15) is 5.78 Å². The third-order valence-corrected chi connectivity index (χ3v) is 7.78. The second-order valence-electron chi connectivity index (χ2n) is 8.90. The molecule has 4 aromatic rings. The molecular formula is C24H25N3O3S2. The average Bonchev–Trinajstić information content (AvgIpc) is 3.33. The van der Waals surface area contributed by atoms with Crippen molar-refractivity contribution in [2.24, 2.45) is 0 Å². The monoisotopic (exact) mass is 467 g/mol. The lowest BCUT2D eigenvalue weighted by Gasteiger charge is -2.19. The summed E-state index contributed by atoms with van der Waals surface area (Å²) in [7, 11) is -3.88. The van der Waals surface area contributed by atoms with E-state index >= 15 is 0 Å². The first-order chi connectivity index (χ1) is 15.0. The van der Waals surface area contributed by atoms with E-state index in [-0.39, 0.29) is 22.5 Å². The van der Waals surface area contributed by atoms with Crippen LogP contribution >= 0.6 is 11.3 Å². The van der Waals surface area contributed by atoms with Gasteiger partial charge in [0.15, 0.2) is 0 Å². The van der Waals surface area contributed by atoms with Crippen molar-refractivity contribution in [3.63, 3.8) is 0 Å². The number of hydrogen-bond acceptors (Lipinski definition) is 6. The number of benzene rings is 2. The Hall–Kier alpha value is -2.84. The minimum Gasteiger partial charge on any atom is -0.299 e. The molecule has 0 saturated carbocycles. The summed E-state index contributed by atoms with van der Waals surface area (Å²) in [4.78, 5) is 17.8. The molecule has 0 aliphatic carbocycles. The van der Waals surface area contributed by atoms with Crippen LogP contribution in [0.1, 0.15) is 41.8 Å². The van der Waals surface area contributed by atoms with Crippen LogP contribution < -0.4 is 0 Å². The van der Waals surface area contributed by atoms with E-state index in [1.165, 1.54) is 17.5 Å². The SMILES string of the molecule is Cc1ncc(CC(=O)Cc2ccc3cnn(S(=O)(=O)c4cccc(C(C)(C)C)c4)c3c2)s1. The van der Waals surface area contributed by atoms with Gasteiger partial charge in [-0.15, -0.1) is 11.3 Å². The number of rotatable bonds is 6. The summed E-state index contributed by atoms with van der Waals surface area (Å²) in [5.74, 6) is 0.0554. The second-order valence-corrected chi connectivity index (χ2v) is 12.0. The van der Waals surface area contributed by atoms with Gasteiger partial charge in [-0.05, 0) is 41.7 Å². The molecule has 2 aromatic carbocycles. The fourth-order valence-corrected chi connectivity index (χ4v) is 5.67. The lowest BCUT2D eigenvalue weighted by Crippen LogP contribution is -2.17. The van der Waals surface area contributed by atoms with Gasteiger partial charge in [-0.3, -0.25) is 4.79 Å². The van der Waals surface area contributed by atoms with Gasteiger partial charge in [-0.25, -0.2) is 4.98 Å². The molecule has 0 aliphatic heterocycles. The number of nitrogens with zero attached hydrogens (tertiary/aromatic N) is 3. The minimum atomic E-state index is -3.88. The van der Waals surface area contributed by atoms with Gasteiger partial charge in [0.05, 0.1) is 21.6 Å². The molecule has 0 unspecified atom stereocenters. The van der Waals surface area contributed by atoms with E-state index in [1.807, 2.05) is 39.8 Å². The van der Waals surface area contributed by atoms with Crippen LogP contribution in [0.3, 0.4) is 0 Å². The van der Waals surface area contributed by atoms with Crippen LogP contribution in [0, 0.1) is 6.92 Å². The van der Waals surface area contributed by atoms with Crippen LogP contribution in [0.25, 0.3) is 10.9 Å². The van der Waals surface area contributed by atoms with Gasteiger partial charge < -0.3 is 0 Å². The van der Waals surface area contributed by atoms with E-state index in [0.29, 0.717) is 17.3 Å². The summed E-state index contributed by atoms with van der Waals surface area (Å²) < 4.78 is 27.8. The van der Waals surface area contributed by atoms with Crippen LogP contribution in [-0.4, -0.2) is 28.4 Å². The van der Waals surface area contributed by atoms with E-state index in [4.69, 9.17) is 0 Å². The molecule has 0 spiro atoms. The maximum atomic E-state index is 13.4. The number of ketones is 1. The van der Waals surface area contributed by atoms with E-state index < -0.39 is 10.0 Å². The molecule has 0 fully saturated rings. The van der Waals surface area contributed by atoms with Gasteiger partial charge in [-0.2, -0.15) is 17.6 Å². The zero-order valence-electron chi connectivity index (χ0n) is 18.5. The summed E-state index contributed by atoms with van der Waals surface area (Å²) in [5.41, 5.74) is 1.97. The topological polar surface area (TPSA) is 81.9 Å². The van der Waals surface area contributed by atoms with E-state index in [1.54, 1.807) is 36.5 Å². The number of hydrogen-bond donors (Lipinski definition) is 0. The molecule has 0 amide bonds. The number of fused-ring (bicyclic) bond motifs is 1. The number of aromatic nitrogens is 3. The molecule has 0 radical (unpaired) electrons. The van der Waals surface area contributed by atoms with Crippen LogP contribution in [0.4, 0.5) is 0 Å². The van der Waals surface area contributed by atoms with Crippen molar-refractivity contribution in [2.75, 3.05) is 0 Å². The van der Waals surface area contributed by atoms with Crippen molar-refractivity contribution in [1.29, 1.82) is 0 Å². The number of carbonyl (C=O) groups excluding carboxylic acids is 1. The smallest absolute Gasteiger partial charge is 0.283 e. The standard InChI is InChI=1S/C24H25N3O3S2/c1-16-25-15-21(31-16)13-20(28)10-17-8-9-18-14-26-27(23(18)11-17)32(29,30)22-7-5-6-19(12-22)24(2,3)4/h5-9,11-12,14-15H,10,13H2,1-4H3. The molecule has 2 heterocycles. The summed E-state index contributed by atoms with van der Waals surface area (Å²) in [6.45, 7) is 8.03. The molecule has 2 aromatic heterocycles. The van der Waals surface area contributed by atoms with Gasteiger partial charge >= 0.3 is 0 Å².